The number of hydrogen-bond acceptors (Lipinski definition) is 6. The summed E-state index contributed by atoms with van der Waals surface area (Å²) in [6, 6.07) is 27.9. The van der Waals surface area contributed by atoms with Gasteiger partial charge in [0.15, 0.2) is 0 Å². The van der Waals surface area contributed by atoms with E-state index in [1.165, 1.54) is 0 Å². The van der Waals surface area contributed by atoms with E-state index in [4.69, 9.17) is 9.72 Å². The molecule has 0 saturated carbocycles. The molecule has 0 N–H and O–H groups in total. The van der Waals surface area contributed by atoms with Crippen LogP contribution in [-0.4, -0.2) is 53.2 Å². The molecule has 0 spiro atoms. The molecule has 3 aromatic carbocycles. The topological polar surface area (TPSA) is 53.8 Å². The maximum Gasteiger partial charge on any atom is 0.259 e. The Bertz CT molecular complexity index is 1400. The largest absolute Gasteiger partial charge is 0.457 e. The monoisotopic (exact) mass is 509 g/mol. The van der Waals surface area contributed by atoms with Crippen molar-refractivity contribution < 1.29 is 4.74 Å². The second-order valence-electron chi connectivity index (χ2n) is 10.0. The zero-order chi connectivity index (χ0) is 26.5. The lowest BCUT2D eigenvalue weighted by molar-refractivity contribution is 0.189. The molecular weight excluding hydrogens is 474 g/mol. The van der Waals surface area contributed by atoms with Crippen molar-refractivity contribution in [3.63, 3.8) is 0 Å². The first-order chi connectivity index (χ1) is 18.5. The standard InChI is InChI=1S/C31H35N5O2/c1-24-29(21-25-11-6-4-7-12-25)30(37)36-23-34(20-10-19-33(2)3)22-35(31(36)32-24)26-15-17-28(18-16-26)38-27-13-8-5-9-14-27/h4-9,11-18H,10,19-23H2,1-3H3. The summed E-state index contributed by atoms with van der Waals surface area (Å²) in [6.45, 7) is 5.02. The first-order valence-electron chi connectivity index (χ1n) is 13.1. The highest BCUT2D eigenvalue weighted by Crippen LogP contribution is 2.30. The number of fused-ring (bicyclic) bond motifs is 1. The number of hydrogen-bond donors (Lipinski definition) is 0. The van der Waals surface area contributed by atoms with Crippen LogP contribution in [0.3, 0.4) is 0 Å². The van der Waals surface area contributed by atoms with Gasteiger partial charge in [-0.1, -0.05) is 48.5 Å². The number of aromatic nitrogens is 2. The maximum atomic E-state index is 13.8. The number of para-hydroxylation sites is 1. The van der Waals surface area contributed by atoms with Gasteiger partial charge in [-0.15, -0.1) is 0 Å². The number of ether oxygens (including phenoxy) is 1. The SMILES string of the molecule is Cc1nc2n(c(=O)c1Cc1ccccc1)CN(CCCN(C)C)CN2c1ccc(Oc2ccccc2)cc1. The van der Waals surface area contributed by atoms with Crippen LogP contribution in [0.25, 0.3) is 0 Å². The zero-order valence-electron chi connectivity index (χ0n) is 22.4. The predicted octanol–water partition coefficient (Wildman–Crippen LogP) is 5.26. The van der Waals surface area contributed by atoms with Crippen LogP contribution < -0.4 is 15.2 Å². The molecule has 38 heavy (non-hydrogen) atoms. The van der Waals surface area contributed by atoms with Gasteiger partial charge in [-0.25, -0.2) is 4.98 Å². The van der Waals surface area contributed by atoms with Crippen molar-refractivity contribution in [1.29, 1.82) is 0 Å². The van der Waals surface area contributed by atoms with Crippen molar-refractivity contribution in [2.75, 3.05) is 38.8 Å². The summed E-state index contributed by atoms with van der Waals surface area (Å²) in [6.07, 6.45) is 1.59. The van der Waals surface area contributed by atoms with E-state index in [0.717, 1.165) is 53.5 Å². The molecule has 0 atom stereocenters. The Morgan fingerprint density at radius 1 is 0.868 bits per heavy atom. The quantitative estimate of drug-likeness (QED) is 0.307. The van der Waals surface area contributed by atoms with Gasteiger partial charge in [-0.2, -0.15) is 0 Å². The number of nitrogens with zero attached hydrogens (tertiary/aromatic N) is 5. The van der Waals surface area contributed by atoms with E-state index >= 15 is 0 Å². The molecule has 0 radical (unpaired) electrons. The molecule has 0 unspecified atom stereocenters. The molecule has 0 bridgehead atoms. The van der Waals surface area contributed by atoms with Crippen LogP contribution in [0.15, 0.2) is 89.7 Å². The summed E-state index contributed by atoms with van der Waals surface area (Å²) in [4.78, 5) is 25.5. The third-order valence-electron chi connectivity index (χ3n) is 6.80. The Morgan fingerprint density at radius 3 is 2.21 bits per heavy atom. The van der Waals surface area contributed by atoms with Gasteiger partial charge < -0.3 is 9.64 Å². The molecule has 196 valence electrons. The van der Waals surface area contributed by atoms with Gasteiger partial charge in [0.05, 0.1) is 19.0 Å². The lowest BCUT2D eigenvalue weighted by atomic mass is 10.1. The van der Waals surface area contributed by atoms with Crippen LogP contribution in [0.1, 0.15) is 23.2 Å². The Morgan fingerprint density at radius 2 is 1.53 bits per heavy atom. The van der Waals surface area contributed by atoms with E-state index < -0.39 is 0 Å². The van der Waals surface area contributed by atoms with E-state index in [1.54, 1.807) is 0 Å². The minimum absolute atomic E-state index is 0.0303. The summed E-state index contributed by atoms with van der Waals surface area (Å²) >= 11 is 0. The Kier molecular flexibility index (Phi) is 7.86. The summed E-state index contributed by atoms with van der Waals surface area (Å²) in [5.74, 6) is 2.25. The Hall–Kier alpha value is -3.94. The Balaban J connectivity index is 1.47. The second-order valence-corrected chi connectivity index (χ2v) is 10.0. The average molecular weight is 510 g/mol. The minimum Gasteiger partial charge on any atom is -0.457 e. The van der Waals surface area contributed by atoms with Gasteiger partial charge in [-0.05, 0) is 75.9 Å². The van der Waals surface area contributed by atoms with E-state index in [0.29, 0.717) is 25.7 Å². The zero-order valence-corrected chi connectivity index (χ0v) is 22.4. The third-order valence-corrected chi connectivity index (χ3v) is 6.80. The molecule has 0 fully saturated rings. The summed E-state index contributed by atoms with van der Waals surface area (Å²) in [7, 11) is 4.17. The van der Waals surface area contributed by atoms with Gasteiger partial charge in [0.25, 0.3) is 5.56 Å². The molecule has 0 amide bonds. The van der Waals surface area contributed by atoms with E-state index in [-0.39, 0.29) is 5.56 Å². The fraction of sp³-hybridized carbons (Fsp3) is 0.290. The van der Waals surface area contributed by atoms with Crippen molar-refractivity contribution in [2.45, 2.75) is 26.4 Å². The van der Waals surface area contributed by atoms with E-state index in [2.05, 4.69) is 40.9 Å². The molecule has 0 saturated heterocycles. The molecule has 0 aliphatic carbocycles. The molecule has 7 heteroatoms. The highest BCUT2D eigenvalue weighted by molar-refractivity contribution is 5.60. The number of aryl methyl sites for hydroxylation is 1. The van der Waals surface area contributed by atoms with Crippen LogP contribution in [0.2, 0.25) is 0 Å². The second kappa shape index (κ2) is 11.6. The Labute approximate surface area is 224 Å². The number of anilines is 2. The molecule has 1 aliphatic rings. The molecule has 1 aromatic heterocycles. The van der Waals surface area contributed by atoms with Crippen molar-refractivity contribution in [2.24, 2.45) is 0 Å². The van der Waals surface area contributed by atoms with Crippen LogP contribution in [-0.2, 0) is 13.1 Å². The fourth-order valence-electron chi connectivity index (χ4n) is 4.80. The smallest absolute Gasteiger partial charge is 0.259 e. The van der Waals surface area contributed by atoms with Gasteiger partial charge in [0, 0.05) is 24.2 Å². The molecule has 4 aromatic rings. The first kappa shape index (κ1) is 25.7. The minimum atomic E-state index is 0.0303. The van der Waals surface area contributed by atoms with Crippen LogP contribution >= 0.6 is 0 Å². The van der Waals surface area contributed by atoms with Gasteiger partial charge in [0.1, 0.15) is 11.5 Å². The van der Waals surface area contributed by atoms with Crippen LogP contribution in [0, 0.1) is 6.92 Å². The number of rotatable bonds is 9. The average Bonchev–Trinajstić information content (AvgIpc) is 2.92. The normalized spacial score (nSPS) is 13.5. The summed E-state index contributed by atoms with van der Waals surface area (Å²) in [5.41, 5.74) is 3.64. The maximum absolute atomic E-state index is 13.8. The van der Waals surface area contributed by atoms with Crippen molar-refractivity contribution in [1.82, 2.24) is 19.4 Å². The lowest BCUT2D eigenvalue weighted by Crippen LogP contribution is -2.48. The van der Waals surface area contributed by atoms with Gasteiger partial charge in [-0.3, -0.25) is 19.2 Å². The van der Waals surface area contributed by atoms with Crippen molar-refractivity contribution in [3.05, 3.63) is 112 Å². The van der Waals surface area contributed by atoms with Gasteiger partial charge in [0.2, 0.25) is 5.95 Å². The highest BCUT2D eigenvalue weighted by Gasteiger charge is 2.28. The van der Waals surface area contributed by atoms with Crippen LogP contribution in [0.5, 0.6) is 11.5 Å². The highest BCUT2D eigenvalue weighted by atomic mass is 16.5. The first-order valence-corrected chi connectivity index (χ1v) is 13.1. The van der Waals surface area contributed by atoms with Crippen molar-refractivity contribution >= 4 is 11.6 Å². The summed E-state index contributed by atoms with van der Waals surface area (Å²) < 4.78 is 7.83. The number of benzene rings is 3. The molecule has 7 nitrogen and oxygen atoms in total. The molecule has 1 aliphatic heterocycles. The van der Waals surface area contributed by atoms with E-state index in [1.807, 2.05) is 84.3 Å². The molecular formula is C31H35N5O2. The fourth-order valence-corrected chi connectivity index (χ4v) is 4.80. The van der Waals surface area contributed by atoms with Crippen molar-refractivity contribution in [3.8, 4) is 11.5 Å². The molecule has 5 rings (SSSR count). The molecule has 2 heterocycles. The van der Waals surface area contributed by atoms with Crippen LogP contribution in [0.4, 0.5) is 11.6 Å². The third kappa shape index (κ3) is 5.96. The predicted molar refractivity (Wildman–Crippen MR) is 152 cm³/mol. The lowest BCUT2D eigenvalue weighted by Gasteiger charge is -2.38. The summed E-state index contributed by atoms with van der Waals surface area (Å²) in [5, 5.41) is 0. The van der Waals surface area contributed by atoms with Gasteiger partial charge >= 0.3 is 0 Å². The van der Waals surface area contributed by atoms with E-state index in [9.17, 15) is 4.79 Å².